The number of hydrogen-bond acceptors (Lipinski definition) is 4. The first-order chi connectivity index (χ1) is 9.91. The lowest BCUT2D eigenvalue weighted by atomic mass is 10.3. The summed E-state index contributed by atoms with van der Waals surface area (Å²) in [4.78, 5) is 14.1. The van der Waals surface area contributed by atoms with E-state index in [2.05, 4.69) is 10.2 Å². The standard InChI is InChI=1S/C13H20N4O3S/c1-9-12(10(2)15-14-9)21(19,20)17-7-5-16(6-8-17)13(18)11-3-4-11/h11H,3-8H2,1-2H3,(H,14,15). The third kappa shape index (κ3) is 2.57. The fourth-order valence-corrected chi connectivity index (χ4v) is 4.54. The van der Waals surface area contributed by atoms with Crippen LogP contribution in [0.25, 0.3) is 0 Å². The van der Waals surface area contributed by atoms with Crippen molar-refractivity contribution in [3.8, 4) is 0 Å². The van der Waals surface area contributed by atoms with E-state index in [9.17, 15) is 13.2 Å². The Labute approximate surface area is 124 Å². The molecular weight excluding hydrogens is 292 g/mol. The number of aryl methyl sites for hydroxylation is 2. The van der Waals surface area contributed by atoms with Crippen molar-refractivity contribution in [2.45, 2.75) is 31.6 Å². The van der Waals surface area contributed by atoms with E-state index in [-0.39, 0.29) is 16.7 Å². The zero-order valence-electron chi connectivity index (χ0n) is 12.3. The van der Waals surface area contributed by atoms with Crippen LogP contribution < -0.4 is 0 Å². The van der Waals surface area contributed by atoms with Crippen molar-refractivity contribution in [2.24, 2.45) is 5.92 Å². The SMILES string of the molecule is Cc1n[nH]c(C)c1S(=O)(=O)N1CCN(C(=O)C2CC2)CC1. The van der Waals surface area contributed by atoms with Crippen LogP contribution in [0.1, 0.15) is 24.2 Å². The summed E-state index contributed by atoms with van der Waals surface area (Å²) in [6, 6.07) is 0. The molecule has 0 radical (unpaired) electrons. The molecule has 0 aromatic carbocycles. The van der Waals surface area contributed by atoms with Gasteiger partial charge in [-0.15, -0.1) is 0 Å². The monoisotopic (exact) mass is 312 g/mol. The van der Waals surface area contributed by atoms with Crippen LogP contribution in [0.2, 0.25) is 0 Å². The molecule has 1 saturated carbocycles. The summed E-state index contributed by atoms with van der Waals surface area (Å²) in [7, 11) is -3.53. The molecule has 7 nitrogen and oxygen atoms in total. The van der Waals surface area contributed by atoms with Crippen LogP contribution in [0.5, 0.6) is 0 Å². The van der Waals surface area contributed by atoms with Gasteiger partial charge >= 0.3 is 0 Å². The van der Waals surface area contributed by atoms with E-state index in [1.807, 2.05) is 0 Å². The van der Waals surface area contributed by atoms with Gasteiger partial charge in [0.15, 0.2) is 0 Å². The van der Waals surface area contributed by atoms with E-state index in [1.54, 1.807) is 18.7 Å². The lowest BCUT2D eigenvalue weighted by Gasteiger charge is -2.34. The summed E-state index contributed by atoms with van der Waals surface area (Å²) >= 11 is 0. The molecule has 1 aliphatic heterocycles. The third-order valence-corrected chi connectivity index (χ3v) is 6.30. The summed E-state index contributed by atoms with van der Waals surface area (Å²) in [5.41, 5.74) is 1.05. The van der Waals surface area contributed by atoms with Crippen LogP contribution >= 0.6 is 0 Å². The first-order valence-electron chi connectivity index (χ1n) is 7.22. The molecule has 1 N–H and O–H groups in total. The molecule has 1 saturated heterocycles. The first-order valence-corrected chi connectivity index (χ1v) is 8.66. The van der Waals surface area contributed by atoms with Gasteiger partial charge < -0.3 is 4.90 Å². The second kappa shape index (κ2) is 5.10. The minimum Gasteiger partial charge on any atom is -0.340 e. The fourth-order valence-electron chi connectivity index (χ4n) is 2.79. The quantitative estimate of drug-likeness (QED) is 0.868. The van der Waals surface area contributed by atoms with Gasteiger partial charge in [-0.05, 0) is 26.7 Å². The molecule has 1 aromatic heterocycles. The lowest BCUT2D eigenvalue weighted by molar-refractivity contribution is -0.133. The molecule has 3 rings (SSSR count). The van der Waals surface area contributed by atoms with E-state index in [0.29, 0.717) is 37.6 Å². The maximum Gasteiger partial charge on any atom is 0.246 e. The van der Waals surface area contributed by atoms with Crippen molar-refractivity contribution < 1.29 is 13.2 Å². The number of amides is 1. The van der Waals surface area contributed by atoms with Gasteiger partial charge in [0.2, 0.25) is 15.9 Å². The maximum absolute atomic E-state index is 12.7. The van der Waals surface area contributed by atoms with Crippen LogP contribution in [0.4, 0.5) is 0 Å². The Morgan fingerprint density at radius 1 is 1.19 bits per heavy atom. The van der Waals surface area contributed by atoms with E-state index >= 15 is 0 Å². The summed E-state index contributed by atoms with van der Waals surface area (Å²) in [6.07, 6.45) is 1.95. The molecule has 2 heterocycles. The summed E-state index contributed by atoms with van der Waals surface area (Å²) in [5, 5.41) is 6.67. The average Bonchev–Trinajstić information content (AvgIpc) is 3.24. The van der Waals surface area contributed by atoms with Gasteiger partial charge in [-0.25, -0.2) is 8.42 Å². The predicted molar refractivity (Wildman–Crippen MR) is 76.1 cm³/mol. The third-order valence-electron chi connectivity index (χ3n) is 4.14. The summed E-state index contributed by atoms with van der Waals surface area (Å²) in [6.45, 7) is 5.05. The lowest BCUT2D eigenvalue weighted by Crippen LogP contribution is -2.51. The average molecular weight is 312 g/mol. The number of carbonyl (C=O) groups is 1. The summed E-state index contributed by atoms with van der Waals surface area (Å²) < 4.78 is 26.8. The van der Waals surface area contributed by atoms with Gasteiger partial charge in [-0.1, -0.05) is 0 Å². The summed E-state index contributed by atoms with van der Waals surface area (Å²) in [5.74, 6) is 0.370. The van der Waals surface area contributed by atoms with Crippen LogP contribution in [0.15, 0.2) is 4.90 Å². The number of hydrogen-bond donors (Lipinski definition) is 1. The number of nitrogens with zero attached hydrogens (tertiary/aromatic N) is 3. The highest BCUT2D eigenvalue weighted by Gasteiger charge is 2.37. The number of aromatic nitrogens is 2. The molecule has 116 valence electrons. The normalized spacial score (nSPS) is 20.8. The topological polar surface area (TPSA) is 86.4 Å². The Hall–Kier alpha value is -1.41. The van der Waals surface area contributed by atoms with Gasteiger partial charge in [-0.3, -0.25) is 9.89 Å². The number of H-pyrrole nitrogens is 1. The van der Waals surface area contributed by atoms with Gasteiger partial charge in [0.05, 0.1) is 11.4 Å². The molecule has 21 heavy (non-hydrogen) atoms. The Balaban J connectivity index is 1.72. The minimum atomic E-state index is -3.53. The van der Waals surface area contributed by atoms with Gasteiger partial charge in [-0.2, -0.15) is 9.40 Å². The van der Waals surface area contributed by atoms with Crippen molar-refractivity contribution in [3.63, 3.8) is 0 Å². The van der Waals surface area contributed by atoms with Crippen molar-refractivity contribution in [1.82, 2.24) is 19.4 Å². The van der Waals surface area contributed by atoms with Crippen LogP contribution in [-0.2, 0) is 14.8 Å². The Morgan fingerprint density at radius 2 is 1.81 bits per heavy atom. The minimum absolute atomic E-state index is 0.183. The zero-order chi connectivity index (χ0) is 15.2. The van der Waals surface area contributed by atoms with Crippen LogP contribution in [0, 0.1) is 19.8 Å². The number of carbonyl (C=O) groups excluding carboxylic acids is 1. The van der Waals surface area contributed by atoms with Crippen molar-refractivity contribution >= 4 is 15.9 Å². The van der Waals surface area contributed by atoms with Gasteiger partial charge in [0.25, 0.3) is 0 Å². The Morgan fingerprint density at radius 3 is 2.29 bits per heavy atom. The number of nitrogens with one attached hydrogen (secondary N) is 1. The number of sulfonamides is 1. The second-order valence-electron chi connectivity index (χ2n) is 5.77. The number of piperazine rings is 1. The molecule has 1 aromatic rings. The van der Waals surface area contributed by atoms with E-state index in [0.717, 1.165) is 12.8 Å². The van der Waals surface area contributed by atoms with Crippen molar-refractivity contribution in [2.75, 3.05) is 26.2 Å². The smallest absolute Gasteiger partial charge is 0.246 e. The highest BCUT2D eigenvalue weighted by atomic mass is 32.2. The molecular formula is C13H20N4O3S. The molecule has 1 aliphatic carbocycles. The highest BCUT2D eigenvalue weighted by Crippen LogP contribution is 2.31. The molecule has 2 aliphatic rings. The van der Waals surface area contributed by atoms with Gasteiger partial charge in [0.1, 0.15) is 4.90 Å². The van der Waals surface area contributed by atoms with E-state index in [4.69, 9.17) is 0 Å². The molecule has 0 bridgehead atoms. The fraction of sp³-hybridized carbons (Fsp3) is 0.692. The second-order valence-corrected chi connectivity index (χ2v) is 7.64. The molecule has 2 fully saturated rings. The molecule has 0 atom stereocenters. The van der Waals surface area contributed by atoms with Crippen molar-refractivity contribution in [3.05, 3.63) is 11.4 Å². The predicted octanol–water partition coefficient (Wildman–Crippen LogP) is 0.269. The van der Waals surface area contributed by atoms with Crippen LogP contribution in [-0.4, -0.2) is 59.9 Å². The number of aromatic amines is 1. The largest absolute Gasteiger partial charge is 0.340 e. The molecule has 8 heteroatoms. The zero-order valence-corrected chi connectivity index (χ0v) is 13.1. The highest BCUT2D eigenvalue weighted by molar-refractivity contribution is 7.89. The molecule has 1 amide bonds. The number of rotatable bonds is 3. The van der Waals surface area contributed by atoms with E-state index in [1.165, 1.54) is 4.31 Å². The van der Waals surface area contributed by atoms with Crippen LogP contribution in [0.3, 0.4) is 0 Å². The Bertz CT molecular complexity index is 635. The Kier molecular flexibility index (Phi) is 3.53. The van der Waals surface area contributed by atoms with E-state index < -0.39 is 10.0 Å². The maximum atomic E-state index is 12.7. The first kappa shape index (κ1) is 14.5. The molecule has 0 spiro atoms. The molecule has 0 unspecified atom stereocenters. The van der Waals surface area contributed by atoms with Gasteiger partial charge in [0, 0.05) is 32.1 Å². The van der Waals surface area contributed by atoms with Crippen molar-refractivity contribution in [1.29, 1.82) is 0 Å².